The molecule has 0 fully saturated rings. The fraction of sp³-hybridized carbons (Fsp3) is 0.455. The maximum absolute atomic E-state index is 12.1. The molecule has 90 valence electrons. The second-order valence-corrected chi connectivity index (χ2v) is 5.79. The molecule has 17 heavy (non-hydrogen) atoms. The number of aryl methyl sites for hydroxylation is 1. The lowest BCUT2D eigenvalue weighted by Gasteiger charge is -2.03. The predicted molar refractivity (Wildman–Crippen MR) is 68.7 cm³/mol. The van der Waals surface area contributed by atoms with Crippen molar-refractivity contribution in [1.82, 2.24) is 15.0 Å². The van der Waals surface area contributed by atoms with E-state index in [0.29, 0.717) is 23.7 Å². The molecule has 0 N–H and O–H groups in total. The number of ketones is 1. The van der Waals surface area contributed by atoms with Gasteiger partial charge in [0, 0.05) is 6.42 Å². The highest BCUT2D eigenvalue weighted by molar-refractivity contribution is 7.18. The van der Waals surface area contributed by atoms with E-state index in [2.05, 4.69) is 15.0 Å². The van der Waals surface area contributed by atoms with Gasteiger partial charge in [0.25, 0.3) is 0 Å². The number of rotatable bonds is 3. The second kappa shape index (κ2) is 4.66. The topological polar surface area (TPSA) is 55.7 Å². The van der Waals surface area contributed by atoms with Gasteiger partial charge >= 0.3 is 0 Å². The lowest BCUT2D eigenvalue weighted by molar-refractivity contribution is 0.0965. The Bertz CT molecular complexity index is 579. The Morgan fingerprint density at radius 1 is 1.35 bits per heavy atom. The number of hydrogen-bond acceptors (Lipinski definition) is 5. The Morgan fingerprint density at radius 2 is 2.06 bits per heavy atom. The summed E-state index contributed by atoms with van der Waals surface area (Å²) in [5, 5.41) is 0.935. The van der Waals surface area contributed by atoms with E-state index in [1.54, 1.807) is 0 Å². The first-order valence-electron chi connectivity index (χ1n) is 5.31. The molecular weight excluding hydrogens is 258 g/mol. The predicted octanol–water partition coefficient (Wildman–Crippen LogP) is 3.28. The summed E-state index contributed by atoms with van der Waals surface area (Å²) < 4.78 is 0.734. The quantitative estimate of drug-likeness (QED) is 0.634. The number of carbonyl (C=O) groups excluding carboxylic acids is 1. The molecule has 6 heteroatoms. The van der Waals surface area contributed by atoms with Crippen molar-refractivity contribution in [3.05, 3.63) is 16.0 Å². The molecule has 0 amide bonds. The van der Waals surface area contributed by atoms with Crippen LogP contribution in [0.25, 0.3) is 10.3 Å². The molecule has 0 bridgehead atoms. The molecule has 0 aromatic carbocycles. The van der Waals surface area contributed by atoms with Crippen LogP contribution in [0.4, 0.5) is 0 Å². The molecule has 0 spiro atoms. The molecule has 0 aliphatic rings. The number of Topliss-reactive ketones (excluding diaryl/α,β-unsaturated/α-hetero) is 1. The SMILES string of the molecule is Cc1nc2nc(Cl)nc(C(=O)CC(C)C)c2s1. The van der Waals surface area contributed by atoms with E-state index in [9.17, 15) is 4.79 Å². The largest absolute Gasteiger partial charge is 0.292 e. The standard InChI is InChI=1S/C11H12ClN3OS/c1-5(2)4-7(16)8-9-10(13-6(3)17-9)15-11(12)14-8/h5H,4H2,1-3H3. The molecule has 0 saturated heterocycles. The van der Waals surface area contributed by atoms with E-state index in [4.69, 9.17) is 11.6 Å². The summed E-state index contributed by atoms with van der Waals surface area (Å²) in [7, 11) is 0. The highest BCUT2D eigenvalue weighted by atomic mass is 35.5. The second-order valence-electron chi connectivity index (χ2n) is 4.25. The summed E-state index contributed by atoms with van der Waals surface area (Å²) in [6, 6.07) is 0. The molecule has 0 atom stereocenters. The Balaban J connectivity index is 2.55. The number of carbonyl (C=O) groups is 1. The van der Waals surface area contributed by atoms with Gasteiger partial charge in [0.1, 0.15) is 10.4 Å². The van der Waals surface area contributed by atoms with Crippen molar-refractivity contribution in [2.75, 3.05) is 0 Å². The average Bonchev–Trinajstić information content (AvgIpc) is 2.55. The summed E-state index contributed by atoms with van der Waals surface area (Å²) in [4.78, 5) is 24.4. The van der Waals surface area contributed by atoms with Crippen molar-refractivity contribution in [1.29, 1.82) is 0 Å². The zero-order chi connectivity index (χ0) is 12.6. The minimum Gasteiger partial charge on any atom is -0.292 e. The zero-order valence-electron chi connectivity index (χ0n) is 9.82. The number of thiazole rings is 1. The third-order valence-corrected chi connectivity index (χ3v) is 3.33. The highest BCUT2D eigenvalue weighted by Gasteiger charge is 2.18. The van der Waals surface area contributed by atoms with Crippen molar-refractivity contribution in [3.63, 3.8) is 0 Å². The average molecular weight is 270 g/mol. The summed E-state index contributed by atoms with van der Waals surface area (Å²) >= 11 is 7.23. The highest BCUT2D eigenvalue weighted by Crippen LogP contribution is 2.25. The van der Waals surface area contributed by atoms with Gasteiger partial charge in [0.05, 0.1) is 5.01 Å². The number of halogens is 1. The molecular formula is C11H12ClN3OS. The van der Waals surface area contributed by atoms with Gasteiger partial charge in [-0.1, -0.05) is 13.8 Å². The van der Waals surface area contributed by atoms with Gasteiger partial charge in [-0.25, -0.2) is 9.97 Å². The Morgan fingerprint density at radius 3 is 2.71 bits per heavy atom. The zero-order valence-corrected chi connectivity index (χ0v) is 11.4. The first-order valence-corrected chi connectivity index (χ1v) is 6.50. The summed E-state index contributed by atoms with van der Waals surface area (Å²) in [6.45, 7) is 5.86. The van der Waals surface area contributed by atoms with Gasteiger partial charge in [0.15, 0.2) is 11.4 Å². The van der Waals surface area contributed by atoms with E-state index in [1.807, 2.05) is 20.8 Å². The molecule has 4 nitrogen and oxygen atoms in total. The van der Waals surface area contributed by atoms with E-state index in [0.717, 1.165) is 9.71 Å². The van der Waals surface area contributed by atoms with Crippen LogP contribution in [0.1, 0.15) is 35.8 Å². The molecule has 2 rings (SSSR count). The maximum atomic E-state index is 12.1. The van der Waals surface area contributed by atoms with Crippen LogP contribution in [-0.4, -0.2) is 20.7 Å². The lowest BCUT2D eigenvalue weighted by Crippen LogP contribution is -2.07. The van der Waals surface area contributed by atoms with Gasteiger partial charge in [-0.15, -0.1) is 11.3 Å². The molecule has 2 aromatic heterocycles. The van der Waals surface area contributed by atoms with Gasteiger partial charge < -0.3 is 0 Å². The van der Waals surface area contributed by atoms with Gasteiger partial charge in [-0.2, -0.15) is 4.98 Å². The third-order valence-electron chi connectivity index (χ3n) is 2.19. The van der Waals surface area contributed by atoms with Crippen LogP contribution in [0, 0.1) is 12.8 Å². The van der Waals surface area contributed by atoms with Gasteiger partial charge in [-0.3, -0.25) is 4.79 Å². The number of fused-ring (bicyclic) bond motifs is 1. The van der Waals surface area contributed by atoms with Crippen LogP contribution in [0.5, 0.6) is 0 Å². The molecule has 0 aliphatic carbocycles. The van der Waals surface area contributed by atoms with Crippen molar-refractivity contribution in [2.24, 2.45) is 5.92 Å². The molecule has 2 aromatic rings. The fourth-order valence-corrected chi connectivity index (χ4v) is 2.59. The molecule has 0 radical (unpaired) electrons. The van der Waals surface area contributed by atoms with Crippen molar-refractivity contribution < 1.29 is 4.79 Å². The maximum Gasteiger partial charge on any atom is 0.225 e. The van der Waals surface area contributed by atoms with E-state index >= 15 is 0 Å². The number of aromatic nitrogens is 3. The van der Waals surface area contributed by atoms with Crippen LogP contribution < -0.4 is 0 Å². The molecule has 0 unspecified atom stereocenters. The third kappa shape index (κ3) is 2.61. The molecule has 2 heterocycles. The minimum atomic E-state index is -0.00190. The van der Waals surface area contributed by atoms with Crippen molar-refractivity contribution in [3.8, 4) is 0 Å². The lowest BCUT2D eigenvalue weighted by atomic mass is 10.1. The van der Waals surface area contributed by atoms with Gasteiger partial charge in [0.2, 0.25) is 5.28 Å². The van der Waals surface area contributed by atoms with E-state index in [1.165, 1.54) is 11.3 Å². The Hall–Kier alpha value is -1.07. The van der Waals surface area contributed by atoms with Crippen LogP contribution in [-0.2, 0) is 0 Å². The Labute approximate surface area is 108 Å². The smallest absolute Gasteiger partial charge is 0.225 e. The Kier molecular flexibility index (Phi) is 3.40. The van der Waals surface area contributed by atoms with E-state index in [-0.39, 0.29) is 11.1 Å². The van der Waals surface area contributed by atoms with Gasteiger partial charge in [-0.05, 0) is 24.4 Å². The van der Waals surface area contributed by atoms with Crippen LogP contribution in [0.15, 0.2) is 0 Å². The number of hydrogen-bond donors (Lipinski definition) is 0. The van der Waals surface area contributed by atoms with Crippen LogP contribution in [0.2, 0.25) is 5.28 Å². The fourth-order valence-electron chi connectivity index (χ4n) is 1.56. The summed E-state index contributed by atoms with van der Waals surface area (Å²) in [6.07, 6.45) is 0.458. The van der Waals surface area contributed by atoms with Crippen molar-refractivity contribution in [2.45, 2.75) is 27.2 Å². The van der Waals surface area contributed by atoms with Crippen molar-refractivity contribution >= 4 is 39.1 Å². The summed E-state index contributed by atoms with van der Waals surface area (Å²) in [5.74, 6) is 0.290. The minimum absolute atomic E-state index is 0.00190. The number of nitrogens with zero attached hydrogens (tertiary/aromatic N) is 3. The van der Waals surface area contributed by atoms with Crippen LogP contribution in [0.3, 0.4) is 0 Å². The first kappa shape index (κ1) is 12.4. The van der Waals surface area contributed by atoms with Crippen LogP contribution >= 0.6 is 22.9 Å². The van der Waals surface area contributed by atoms with E-state index < -0.39 is 0 Å². The first-order chi connectivity index (χ1) is 7.97. The monoisotopic (exact) mass is 269 g/mol. The molecule has 0 saturated carbocycles. The normalized spacial score (nSPS) is 11.4. The molecule has 0 aliphatic heterocycles. The summed E-state index contributed by atoms with van der Waals surface area (Å²) in [5.41, 5.74) is 0.916.